The van der Waals surface area contributed by atoms with Gasteiger partial charge in [-0.1, -0.05) is 0 Å². The molecular weight excluding hydrogens is 282 g/mol. The molecule has 0 aliphatic heterocycles. The molecule has 0 aliphatic carbocycles. The Hall–Kier alpha value is -3.53. The first-order valence-electron chi connectivity index (χ1n) is 6.35. The first kappa shape index (κ1) is 13.5. The van der Waals surface area contributed by atoms with Crippen LogP contribution >= 0.6 is 0 Å². The van der Waals surface area contributed by atoms with Gasteiger partial charge < -0.3 is 4.98 Å². The number of benzene rings is 1. The van der Waals surface area contributed by atoms with E-state index < -0.39 is 4.92 Å². The molecule has 2 aromatic heterocycles. The number of aromatic amines is 1. The van der Waals surface area contributed by atoms with Crippen molar-refractivity contribution in [1.29, 1.82) is 5.26 Å². The van der Waals surface area contributed by atoms with Crippen LogP contribution in [0.5, 0.6) is 0 Å². The number of H-pyrrole nitrogens is 1. The minimum atomic E-state index is -0.469. The van der Waals surface area contributed by atoms with Crippen LogP contribution in [0, 0.1) is 21.4 Å². The summed E-state index contributed by atoms with van der Waals surface area (Å²) in [6, 6.07) is 11.6. The van der Waals surface area contributed by atoms with Crippen LogP contribution in [0.1, 0.15) is 11.4 Å². The molecule has 106 valence electrons. The highest BCUT2D eigenvalue weighted by atomic mass is 16.6. The number of nitrogens with one attached hydrogen (secondary N) is 1. The largest absolute Gasteiger partial charge is 0.336 e. The lowest BCUT2D eigenvalue weighted by Crippen LogP contribution is -1.88. The summed E-state index contributed by atoms with van der Waals surface area (Å²) < 4.78 is 0. The van der Waals surface area contributed by atoms with E-state index >= 15 is 0 Å². The number of rotatable bonds is 3. The van der Waals surface area contributed by atoms with Crippen molar-refractivity contribution in [3.8, 4) is 6.07 Å². The molecular formula is C15H9N5O2. The minimum absolute atomic E-state index is 0.00333. The zero-order chi connectivity index (χ0) is 15.5. The molecule has 0 amide bonds. The van der Waals surface area contributed by atoms with Gasteiger partial charge in [-0.05, 0) is 35.9 Å². The first-order chi connectivity index (χ1) is 10.7. The molecule has 3 rings (SSSR count). The Bertz CT molecular complexity index is 886. The average Bonchev–Trinajstić information content (AvgIpc) is 2.96. The number of non-ortho nitro benzene ring substituents is 1. The predicted molar refractivity (Wildman–Crippen MR) is 80.5 cm³/mol. The Kier molecular flexibility index (Phi) is 3.34. The monoisotopic (exact) mass is 291 g/mol. The molecule has 0 saturated heterocycles. The van der Waals surface area contributed by atoms with Crippen molar-refractivity contribution >= 4 is 28.5 Å². The summed E-state index contributed by atoms with van der Waals surface area (Å²) in [6.45, 7) is 0. The highest BCUT2D eigenvalue weighted by Gasteiger charge is 2.09. The third-order valence-corrected chi connectivity index (χ3v) is 3.05. The van der Waals surface area contributed by atoms with Crippen molar-refractivity contribution < 1.29 is 4.92 Å². The van der Waals surface area contributed by atoms with Crippen LogP contribution in [0.25, 0.3) is 22.8 Å². The Morgan fingerprint density at radius 3 is 2.73 bits per heavy atom. The van der Waals surface area contributed by atoms with Crippen molar-refractivity contribution in [3.63, 3.8) is 0 Å². The van der Waals surface area contributed by atoms with E-state index in [0.29, 0.717) is 22.6 Å². The van der Waals surface area contributed by atoms with Crippen LogP contribution in [0.2, 0.25) is 0 Å². The van der Waals surface area contributed by atoms with Gasteiger partial charge in [-0.15, -0.1) is 0 Å². The van der Waals surface area contributed by atoms with Gasteiger partial charge in [-0.3, -0.25) is 10.1 Å². The molecule has 0 unspecified atom stereocenters. The van der Waals surface area contributed by atoms with E-state index in [9.17, 15) is 15.4 Å². The number of aromatic nitrogens is 3. The van der Waals surface area contributed by atoms with Gasteiger partial charge in [0.15, 0.2) is 11.5 Å². The van der Waals surface area contributed by atoms with Gasteiger partial charge in [0.2, 0.25) is 0 Å². The van der Waals surface area contributed by atoms with Crippen molar-refractivity contribution in [3.05, 3.63) is 64.1 Å². The molecule has 7 heteroatoms. The van der Waals surface area contributed by atoms with Crippen LogP contribution in [-0.4, -0.2) is 19.9 Å². The molecule has 0 atom stereocenters. The van der Waals surface area contributed by atoms with E-state index in [1.165, 1.54) is 12.1 Å². The Balaban J connectivity index is 1.99. The molecule has 2 heterocycles. The number of imidazole rings is 1. The molecule has 7 nitrogen and oxygen atoms in total. The summed E-state index contributed by atoms with van der Waals surface area (Å²) in [6.07, 6.45) is 3.24. The van der Waals surface area contributed by atoms with Crippen molar-refractivity contribution in [2.75, 3.05) is 0 Å². The van der Waals surface area contributed by atoms with E-state index in [2.05, 4.69) is 21.0 Å². The van der Waals surface area contributed by atoms with Gasteiger partial charge in [0.25, 0.3) is 5.69 Å². The lowest BCUT2D eigenvalue weighted by atomic mass is 10.1. The number of hydrogen-bond donors (Lipinski definition) is 1. The van der Waals surface area contributed by atoms with Crippen molar-refractivity contribution in [1.82, 2.24) is 15.0 Å². The highest BCUT2D eigenvalue weighted by Crippen LogP contribution is 2.19. The fraction of sp³-hybridized carbons (Fsp3) is 0. The molecule has 1 aromatic carbocycles. The predicted octanol–water partition coefficient (Wildman–Crippen LogP) is 2.93. The Morgan fingerprint density at radius 1 is 1.32 bits per heavy atom. The molecule has 22 heavy (non-hydrogen) atoms. The zero-order valence-corrected chi connectivity index (χ0v) is 11.2. The average molecular weight is 291 g/mol. The second-order valence-corrected chi connectivity index (χ2v) is 4.48. The normalized spacial score (nSPS) is 11.3. The van der Waals surface area contributed by atoms with Crippen LogP contribution < -0.4 is 0 Å². The maximum Gasteiger partial charge on any atom is 0.269 e. The van der Waals surface area contributed by atoms with E-state index in [0.717, 1.165) is 5.52 Å². The van der Waals surface area contributed by atoms with E-state index in [4.69, 9.17) is 0 Å². The second kappa shape index (κ2) is 5.46. The standard InChI is InChI=1S/C15H9N5O2/c16-9-11(8-10-3-5-12(6-4-10)20(21)22)14-18-13-2-1-7-17-15(13)19-14/h1-8H,(H,17,18,19). The number of nitro benzene ring substituents is 1. The van der Waals surface area contributed by atoms with Gasteiger partial charge in [0.05, 0.1) is 16.0 Å². The molecule has 0 fully saturated rings. The summed E-state index contributed by atoms with van der Waals surface area (Å²) in [4.78, 5) is 21.5. The third kappa shape index (κ3) is 2.53. The summed E-state index contributed by atoms with van der Waals surface area (Å²) >= 11 is 0. The maximum absolute atomic E-state index is 10.6. The number of fused-ring (bicyclic) bond motifs is 1. The fourth-order valence-electron chi connectivity index (χ4n) is 1.99. The quantitative estimate of drug-likeness (QED) is 0.453. The van der Waals surface area contributed by atoms with Gasteiger partial charge in [0.1, 0.15) is 6.07 Å². The van der Waals surface area contributed by atoms with Crippen LogP contribution in [0.3, 0.4) is 0 Å². The Labute approximate surface area is 124 Å². The van der Waals surface area contributed by atoms with Crippen LogP contribution in [0.4, 0.5) is 5.69 Å². The number of nitro groups is 1. The minimum Gasteiger partial charge on any atom is -0.336 e. The van der Waals surface area contributed by atoms with Gasteiger partial charge in [0, 0.05) is 18.3 Å². The fourth-order valence-corrected chi connectivity index (χ4v) is 1.99. The summed E-state index contributed by atoms with van der Waals surface area (Å²) in [7, 11) is 0. The summed E-state index contributed by atoms with van der Waals surface area (Å²) in [5.41, 5.74) is 2.27. The molecule has 3 aromatic rings. The summed E-state index contributed by atoms with van der Waals surface area (Å²) in [5.74, 6) is 0.412. The van der Waals surface area contributed by atoms with E-state index in [1.807, 2.05) is 6.07 Å². The summed E-state index contributed by atoms with van der Waals surface area (Å²) in [5, 5.41) is 19.9. The second-order valence-electron chi connectivity index (χ2n) is 4.48. The lowest BCUT2D eigenvalue weighted by Gasteiger charge is -1.96. The zero-order valence-electron chi connectivity index (χ0n) is 11.2. The molecule has 0 radical (unpaired) electrons. The molecule has 0 aliphatic rings. The third-order valence-electron chi connectivity index (χ3n) is 3.05. The topological polar surface area (TPSA) is 108 Å². The van der Waals surface area contributed by atoms with E-state index in [-0.39, 0.29) is 5.69 Å². The molecule has 0 bridgehead atoms. The number of nitriles is 1. The molecule has 0 saturated carbocycles. The number of pyridine rings is 1. The number of allylic oxidation sites excluding steroid dienone is 1. The van der Waals surface area contributed by atoms with Gasteiger partial charge >= 0.3 is 0 Å². The smallest absolute Gasteiger partial charge is 0.269 e. The number of hydrogen-bond acceptors (Lipinski definition) is 5. The van der Waals surface area contributed by atoms with E-state index in [1.54, 1.807) is 30.5 Å². The van der Waals surface area contributed by atoms with Gasteiger partial charge in [-0.25, -0.2) is 9.97 Å². The SMILES string of the molecule is N#CC(=Cc1ccc([N+](=O)[O-])cc1)c1nc2ncccc2[nH]1. The Morgan fingerprint density at radius 2 is 2.09 bits per heavy atom. The van der Waals surface area contributed by atoms with Crippen LogP contribution in [-0.2, 0) is 0 Å². The highest BCUT2D eigenvalue weighted by molar-refractivity contribution is 5.89. The lowest BCUT2D eigenvalue weighted by molar-refractivity contribution is -0.384. The molecule has 1 N–H and O–H groups in total. The maximum atomic E-state index is 10.6. The van der Waals surface area contributed by atoms with Gasteiger partial charge in [-0.2, -0.15) is 5.26 Å². The molecule has 0 spiro atoms. The van der Waals surface area contributed by atoms with Crippen molar-refractivity contribution in [2.24, 2.45) is 0 Å². The van der Waals surface area contributed by atoms with Crippen molar-refractivity contribution in [2.45, 2.75) is 0 Å². The number of nitrogens with zero attached hydrogens (tertiary/aromatic N) is 4. The van der Waals surface area contributed by atoms with Crippen LogP contribution in [0.15, 0.2) is 42.6 Å². The first-order valence-corrected chi connectivity index (χ1v) is 6.35.